The van der Waals surface area contributed by atoms with Crippen molar-refractivity contribution >= 4 is 22.6 Å². The first kappa shape index (κ1) is 20.1. The van der Waals surface area contributed by atoms with Crippen LogP contribution < -0.4 is 4.90 Å². The highest BCUT2D eigenvalue weighted by atomic mass is 32.1. The minimum Gasteiger partial charge on any atom is -0.343 e. The SMILES string of the molecule is CC1CN(c2nc(Cc3ccc(F)cc3)ns2)CCN1C(=O)C1CC1c1ccccc1. The van der Waals surface area contributed by atoms with Crippen molar-refractivity contribution in [1.29, 1.82) is 0 Å². The Morgan fingerprint density at radius 2 is 1.90 bits per heavy atom. The van der Waals surface area contributed by atoms with Crippen LogP contribution in [0.25, 0.3) is 0 Å². The second-order valence-electron chi connectivity index (χ2n) is 8.48. The normalized spacial score (nSPS) is 23.1. The summed E-state index contributed by atoms with van der Waals surface area (Å²) in [5.41, 5.74) is 2.27. The predicted molar refractivity (Wildman–Crippen MR) is 120 cm³/mol. The molecule has 0 radical (unpaired) electrons. The smallest absolute Gasteiger partial charge is 0.226 e. The molecule has 3 unspecified atom stereocenters. The molecule has 1 aliphatic heterocycles. The standard InChI is InChI=1S/C24H25FN4OS/c1-16-15-28(24-26-22(27-31-24)13-17-7-9-19(25)10-8-17)11-12-29(16)23(30)21-14-20(21)18-5-3-2-4-6-18/h2-10,16,20-21H,11-15H2,1H3. The number of anilines is 1. The van der Waals surface area contributed by atoms with Crippen molar-refractivity contribution in [3.8, 4) is 0 Å². The monoisotopic (exact) mass is 436 g/mol. The van der Waals surface area contributed by atoms with Crippen molar-refractivity contribution in [2.45, 2.75) is 31.7 Å². The lowest BCUT2D eigenvalue weighted by Crippen LogP contribution is -2.54. The second kappa shape index (κ2) is 8.38. The number of carbonyl (C=O) groups is 1. The second-order valence-corrected chi connectivity index (χ2v) is 9.21. The number of aromatic nitrogens is 2. The van der Waals surface area contributed by atoms with Crippen molar-refractivity contribution in [3.63, 3.8) is 0 Å². The lowest BCUT2D eigenvalue weighted by molar-refractivity contribution is -0.135. The van der Waals surface area contributed by atoms with Gasteiger partial charge in [-0.05, 0) is 42.5 Å². The van der Waals surface area contributed by atoms with E-state index in [1.165, 1.54) is 29.2 Å². The van der Waals surface area contributed by atoms with E-state index < -0.39 is 0 Å². The topological polar surface area (TPSA) is 49.3 Å². The van der Waals surface area contributed by atoms with Gasteiger partial charge in [-0.3, -0.25) is 4.79 Å². The third-order valence-electron chi connectivity index (χ3n) is 6.25. The van der Waals surface area contributed by atoms with Gasteiger partial charge < -0.3 is 9.80 Å². The summed E-state index contributed by atoms with van der Waals surface area (Å²) in [4.78, 5) is 22.0. The van der Waals surface area contributed by atoms with E-state index in [0.717, 1.165) is 36.0 Å². The van der Waals surface area contributed by atoms with Crippen molar-refractivity contribution in [2.75, 3.05) is 24.5 Å². The van der Waals surface area contributed by atoms with E-state index in [9.17, 15) is 9.18 Å². The molecule has 5 rings (SSSR count). The molecule has 7 heteroatoms. The first-order chi connectivity index (χ1) is 15.1. The summed E-state index contributed by atoms with van der Waals surface area (Å²) in [6.07, 6.45) is 1.55. The molecule has 0 bridgehead atoms. The largest absolute Gasteiger partial charge is 0.343 e. The van der Waals surface area contributed by atoms with Gasteiger partial charge in [-0.1, -0.05) is 42.5 Å². The maximum Gasteiger partial charge on any atom is 0.226 e. The minimum absolute atomic E-state index is 0.125. The molecule has 3 atom stereocenters. The van der Waals surface area contributed by atoms with Crippen LogP contribution in [0, 0.1) is 11.7 Å². The van der Waals surface area contributed by atoms with E-state index in [4.69, 9.17) is 4.98 Å². The summed E-state index contributed by atoms with van der Waals surface area (Å²) in [5, 5.41) is 0.893. The summed E-state index contributed by atoms with van der Waals surface area (Å²) < 4.78 is 17.6. The van der Waals surface area contributed by atoms with Crippen LogP contribution in [-0.4, -0.2) is 45.8 Å². The van der Waals surface area contributed by atoms with E-state index in [1.54, 1.807) is 12.1 Å². The van der Waals surface area contributed by atoms with Gasteiger partial charge in [0.25, 0.3) is 0 Å². The van der Waals surface area contributed by atoms with E-state index in [1.807, 2.05) is 23.1 Å². The lowest BCUT2D eigenvalue weighted by Gasteiger charge is -2.39. The Morgan fingerprint density at radius 1 is 1.13 bits per heavy atom. The quantitative estimate of drug-likeness (QED) is 0.604. The predicted octanol–water partition coefficient (Wildman–Crippen LogP) is 4.11. The van der Waals surface area contributed by atoms with E-state index in [-0.39, 0.29) is 23.7 Å². The highest BCUT2D eigenvalue weighted by Crippen LogP contribution is 2.48. The van der Waals surface area contributed by atoms with Gasteiger partial charge in [0.2, 0.25) is 11.0 Å². The van der Waals surface area contributed by atoms with Crippen LogP contribution in [-0.2, 0) is 11.2 Å². The number of rotatable bonds is 5. The van der Waals surface area contributed by atoms with Gasteiger partial charge in [-0.15, -0.1) is 0 Å². The molecule has 2 aliphatic rings. The molecule has 31 heavy (non-hydrogen) atoms. The lowest BCUT2D eigenvalue weighted by atomic mass is 10.1. The number of hydrogen-bond donors (Lipinski definition) is 0. The Balaban J connectivity index is 1.18. The van der Waals surface area contributed by atoms with Crippen molar-refractivity contribution in [1.82, 2.24) is 14.3 Å². The molecule has 0 N–H and O–H groups in total. The van der Waals surface area contributed by atoms with Crippen LogP contribution in [0.5, 0.6) is 0 Å². The Morgan fingerprint density at radius 3 is 2.65 bits per heavy atom. The van der Waals surface area contributed by atoms with Crippen molar-refractivity contribution in [3.05, 3.63) is 77.4 Å². The van der Waals surface area contributed by atoms with Crippen molar-refractivity contribution in [2.24, 2.45) is 5.92 Å². The van der Waals surface area contributed by atoms with Gasteiger partial charge >= 0.3 is 0 Å². The molecule has 3 aromatic rings. The number of hydrogen-bond acceptors (Lipinski definition) is 5. The van der Waals surface area contributed by atoms with Crippen LogP contribution >= 0.6 is 11.5 Å². The third-order valence-corrected chi connectivity index (χ3v) is 7.06. The molecule has 1 saturated carbocycles. The average Bonchev–Trinajstić information content (AvgIpc) is 3.46. The highest BCUT2D eigenvalue weighted by Gasteiger charge is 2.47. The molecule has 160 valence electrons. The van der Waals surface area contributed by atoms with E-state index >= 15 is 0 Å². The summed E-state index contributed by atoms with van der Waals surface area (Å²) in [5.74, 6) is 1.30. The maximum atomic E-state index is 13.1. The fourth-order valence-electron chi connectivity index (χ4n) is 4.44. The van der Waals surface area contributed by atoms with Gasteiger partial charge in [0, 0.05) is 49.5 Å². The zero-order valence-electron chi connectivity index (χ0n) is 17.4. The Bertz CT molecular complexity index is 1050. The first-order valence-electron chi connectivity index (χ1n) is 10.8. The van der Waals surface area contributed by atoms with Gasteiger partial charge in [-0.25, -0.2) is 9.37 Å². The summed E-state index contributed by atoms with van der Waals surface area (Å²) in [6, 6.07) is 16.9. The molecule has 1 aromatic heterocycles. The number of piperazine rings is 1. The fourth-order valence-corrected chi connectivity index (χ4v) is 5.16. The average molecular weight is 437 g/mol. The molecule has 1 aliphatic carbocycles. The number of nitrogens with zero attached hydrogens (tertiary/aromatic N) is 4. The molecule has 5 nitrogen and oxygen atoms in total. The van der Waals surface area contributed by atoms with Gasteiger partial charge in [0.05, 0.1) is 0 Å². The van der Waals surface area contributed by atoms with E-state index in [2.05, 4.69) is 28.3 Å². The molecule has 1 saturated heterocycles. The minimum atomic E-state index is -0.238. The molecular weight excluding hydrogens is 411 g/mol. The van der Waals surface area contributed by atoms with E-state index in [0.29, 0.717) is 18.9 Å². The fraction of sp³-hybridized carbons (Fsp3) is 0.375. The molecule has 0 spiro atoms. The highest BCUT2D eigenvalue weighted by molar-refractivity contribution is 7.09. The number of halogens is 1. The molecule has 2 heterocycles. The Kier molecular flexibility index (Phi) is 5.44. The van der Waals surface area contributed by atoms with Crippen LogP contribution in [0.3, 0.4) is 0 Å². The Hall–Kier alpha value is -2.80. The third kappa shape index (κ3) is 4.32. The zero-order chi connectivity index (χ0) is 21.4. The number of carbonyl (C=O) groups excluding carboxylic acids is 1. The molecule has 2 aromatic carbocycles. The number of benzene rings is 2. The first-order valence-corrected chi connectivity index (χ1v) is 11.5. The van der Waals surface area contributed by atoms with Crippen LogP contribution in [0.15, 0.2) is 54.6 Å². The van der Waals surface area contributed by atoms with Crippen LogP contribution in [0.1, 0.15) is 36.2 Å². The summed E-state index contributed by atoms with van der Waals surface area (Å²) in [6.45, 7) is 4.36. The van der Waals surface area contributed by atoms with Crippen molar-refractivity contribution < 1.29 is 9.18 Å². The Labute approximate surface area is 185 Å². The van der Waals surface area contributed by atoms with Crippen LogP contribution in [0.2, 0.25) is 0 Å². The summed E-state index contributed by atoms with van der Waals surface area (Å²) in [7, 11) is 0. The maximum absolute atomic E-state index is 13.1. The van der Waals surface area contributed by atoms with Gasteiger partial charge in [0.15, 0.2) is 0 Å². The zero-order valence-corrected chi connectivity index (χ0v) is 18.3. The number of amides is 1. The van der Waals surface area contributed by atoms with Crippen LogP contribution in [0.4, 0.5) is 9.52 Å². The molecule has 2 fully saturated rings. The van der Waals surface area contributed by atoms with Gasteiger partial charge in [0.1, 0.15) is 11.6 Å². The molecular formula is C24H25FN4OS. The van der Waals surface area contributed by atoms with Gasteiger partial charge in [-0.2, -0.15) is 4.37 Å². The molecule has 1 amide bonds. The summed E-state index contributed by atoms with van der Waals surface area (Å²) >= 11 is 1.39.